The van der Waals surface area contributed by atoms with Gasteiger partial charge in [-0.3, -0.25) is 10.1 Å². The first-order valence-corrected chi connectivity index (χ1v) is 9.96. The van der Waals surface area contributed by atoms with Crippen molar-refractivity contribution in [3.63, 3.8) is 0 Å². The Hall–Kier alpha value is -3.99. The number of nitro groups is 1. The van der Waals surface area contributed by atoms with Crippen LogP contribution in [0.1, 0.15) is 26.3 Å². The van der Waals surface area contributed by atoms with E-state index in [-0.39, 0.29) is 33.3 Å². The molecule has 1 heterocycles. The van der Waals surface area contributed by atoms with Crippen molar-refractivity contribution in [3.05, 3.63) is 75.6 Å². The van der Waals surface area contributed by atoms with Crippen LogP contribution in [0.5, 0.6) is 0 Å². The zero-order valence-corrected chi connectivity index (χ0v) is 18.1. The summed E-state index contributed by atoms with van der Waals surface area (Å²) in [5.74, 6) is -1.48. The summed E-state index contributed by atoms with van der Waals surface area (Å²) in [6.07, 6.45) is 1.19. The Morgan fingerprint density at radius 1 is 1.00 bits per heavy atom. The number of carbonyl (C=O) groups excluding carboxylic acids is 2. The lowest BCUT2D eigenvalue weighted by molar-refractivity contribution is -0.387. The summed E-state index contributed by atoms with van der Waals surface area (Å²) in [5.41, 5.74) is 1.04. The molecule has 11 heteroatoms. The van der Waals surface area contributed by atoms with Crippen LogP contribution in [-0.4, -0.2) is 41.0 Å². The molecular formula is C21H18N4O6S. The molecule has 0 bridgehead atoms. The lowest BCUT2D eigenvalue weighted by Crippen LogP contribution is -2.09. The largest absolute Gasteiger partial charge is 0.465 e. The second-order valence-corrected chi connectivity index (χ2v) is 7.52. The number of nitrogens with zero attached hydrogens (tertiary/aromatic N) is 3. The molecule has 2 aromatic carbocycles. The van der Waals surface area contributed by atoms with Gasteiger partial charge in [0, 0.05) is 10.6 Å². The average Bonchev–Trinajstić information content (AvgIpc) is 2.79. The predicted molar refractivity (Wildman–Crippen MR) is 116 cm³/mol. The summed E-state index contributed by atoms with van der Waals surface area (Å²) in [4.78, 5) is 44.1. The third-order valence-corrected chi connectivity index (χ3v) is 5.24. The van der Waals surface area contributed by atoms with Crippen LogP contribution in [0, 0.1) is 17.0 Å². The van der Waals surface area contributed by atoms with E-state index in [2.05, 4.69) is 15.3 Å². The first kappa shape index (κ1) is 22.7. The Balaban J connectivity index is 2.03. The van der Waals surface area contributed by atoms with Crippen molar-refractivity contribution in [2.45, 2.75) is 16.8 Å². The fourth-order valence-electron chi connectivity index (χ4n) is 2.72. The van der Waals surface area contributed by atoms with E-state index in [0.29, 0.717) is 0 Å². The molecule has 0 atom stereocenters. The molecule has 10 nitrogen and oxygen atoms in total. The van der Waals surface area contributed by atoms with Gasteiger partial charge in [0.1, 0.15) is 6.33 Å². The van der Waals surface area contributed by atoms with Gasteiger partial charge >= 0.3 is 17.6 Å². The van der Waals surface area contributed by atoms with E-state index < -0.39 is 16.9 Å². The molecule has 0 spiro atoms. The number of hydrogen-bond donors (Lipinski definition) is 1. The molecule has 164 valence electrons. The summed E-state index contributed by atoms with van der Waals surface area (Å²) >= 11 is 1.12. The minimum Gasteiger partial charge on any atom is -0.465 e. The molecule has 1 N–H and O–H groups in total. The third kappa shape index (κ3) is 5.19. The van der Waals surface area contributed by atoms with E-state index in [1.54, 1.807) is 0 Å². The maximum Gasteiger partial charge on any atom is 0.343 e. The summed E-state index contributed by atoms with van der Waals surface area (Å²) < 4.78 is 9.42. The number of benzene rings is 2. The van der Waals surface area contributed by atoms with E-state index in [0.717, 1.165) is 22.2 Å². The molecule has 3 rings (SSSR count). The summed E-state index contributed by atoms with van der Waals surface area (Å²) in [6, 6.07) is 11.5. The summed E-state index contributed by atoms with van der Waals surface area (Å²) in [5, 5.41) is 14.8. The van der Waals surface area contributed by atoms with Crippen molar-refractivity contribution < 1.29 is 24.0 Å². The van der Waals surface area contributed by atoms with Crippen LogP contribution in [0.3, 0.4) is 0 Å². The topological polar surface area (TPSA) is 134 Å². The average molecular weight is 454 g/mol. The van der Waals surface area contributed by atoms with Gasteiger partial charge in [-0.05, 0) is 37.3 Å². The van der Waals surface area contributed by atoms with Crippen LogP contribution in [0.2, 0.25) is 0 Å². The molecule has 0 unspecified atom stereocenters. The molecule has 0 aliphatic carbocycles. The van der Waals surface area contributed by atoms with Crippen molar-refractivity contribution >= 4 is 40.9 Å². The van der Waals surface area contributed by atoms with Crippen LogP contribution < -0.4 is 5.32 Å². The van der Waals surface area contributed by atoms with Gasteiger partial charge in [-0.2, -0.15) is 0 Å². The Labute approximate surface area is 187 Å². The van der Waals surface area contributed by atoms with Gasteiger partial charge < -0.3 is 14.8 Å². The van der Waals surface area contributed by atoms with Gasteiger partial charge in [0.2, 0.25) is 5.82 Å². The molecule has 0 fully saturated rings. The van der Waals surface area contributed by atoms with E-state index in [1.807, 2.05) is 31.2 Å². The lowest BCUT2D eigenvalue weighted by atomic mass is 10.1. The Kier molecular flexibility index (Phi) is 7.00. The Morgan fingerprint density at radius 3 is 2.12 bits per heavy atom. The molecule has 0 aliphatic rings. The van der Waals surface area contributed by atoms with Crippen molar-refractivity contribution in [3.8, 4) is 0 Å². The molecule has 32 heavy (non-hydrogen) atoms. The number of rotatable bonds is 7. The van der Waals surface area contributed by atoms with Gasteiger partial charge in [-0.25, -0.2) is 19.6 Å². The van der Waals surface area contributed by atoms with Crippen molar-refractivity contribution in [2.75, 3.05) is 19.5 Å². The number of esters is 2. The Bertz CT molecular complexity index is 1150. The van der Waals surface area contributed by atoms with Crippen molar-refractivity contribution in [1.82, 2.24) is 9.97 Å². The third-order valence-electron chi connectivity index (χ3n) is 4.24. The maximum absolute atomic E-state index is 12.0. The van der Waals surface area contributed by atoms with Crippen LogP contribution in [-0.2, 0) is 9.47 Å². The van der Waals surface area contributed by atoms with Crippen molar-refractivity contribution in [1.29, 1.82) is 0 Å². The maximum atomic E-state index is 12.0. The summed E-state index contributed by atoms with van der Waals surface area (Å²) in [6.45, 7) is 1.94. The molecule has 0 amide bonds. The highest BCUT2D eigenvalue weighted by atomic mass is 32.2. The van der Waals surface area contributed by atoms with Gasteiger partial charge in [0.25, 0.3) is 0 Å². The highest BCUT2D eigenvalue weighted by Gasteiger charge is 2.25. The fraction of sp³-hybridized carbons (Fsp3) is 0.143. The quantitative estimate of drug-likeness (QED) is 0.240. The standard InChI is InChI=1S/C21H18N4O6S/c1-12-4-6-16(7-5-12)32-19-17(25(28)29)18(22-11-23-19)24-15-9-13(20(26)30-2)8-14(10-15)21(27)31-3/h4-11H,1-3H3,(H,22,23,24). The molecule has 0 saturated heterocycles. The number of nitrogens with one attached hydrogen (secondary N) is 1. The van der Waals surface area contributed by atoms with E-state index >= 15 is 0 Å². The number of hydrogen-bond acceptors (Lipinski definition) is 10. The van der Waals surface area contributed by atoms with Gasteiger partial charge in [0.05, 0.1) is 30.3 Å². The zero-order valence-electron chi connectivity index (χ0n) is 17.3. The number of carbonyl (C=O) groups is 2. The van der Waals surface area contributed by atoms with Crippen LogP contribution in [0.25, 0.3) is 0 Å². The fourth-order valence-corrected chi connectivity index (χ4v) is 3.58. The van der Waals surface area contributed by atoms with Crippen molar-refractivity contribution in [2.24, 2.45) is 0 Å². The molecule has 1 aromatic heterocycles. The zero-order chi connectivity index (χ0) is 23.3. The second kappa shape index (κ2) is 9.88. The minimum atomic E-state index is -0.688. The van der Waals surface area contributed by atoms with Gasteiger partial charge in [0.15, 0.2) is 5.03 Å². The van der Waals surface area contributed by atoms with E-state index in [9.17, 15) is 19.7 Å². The summed E-state index contributed by atoms with van der Waals surface area (Å²) in [7, 11) is 2.40. The smallest absolute Gasteiger partial charge is 0.343 e. The normalized spacial score (nSPS) is 10.3. The number of aromatic nitrogens is 2. The molecular weight excluding hydrogens is 436 g/mol. The van der Waals surface area contributed by atoms with Gasteiger partial charge in [-0.15, -0.1) is 0 Å². The number of anilines is 2. The SMILES string of the molecule is COC(=O)c1cc(Nc2ncnc(Sc3ccc(C)cc3)c2[N+](=O)[O-])cc(C(=O)OC)c1. The molecule has 0 radical (unpaired) electrons. The van der Waals surface area contributed by atoms with Crippen LogP contribution in [0.4, 0.5) is 17.2 Å². The molecule has 3 aromatic rings. The Morgan fingerprint density at radius 2 is 1.59 bits per heavy atom. The molecule has 0 aliphatic heterocycles. The highest BCUT2D eigenvalue weighted by molar-refractivity contribution is 7.99. The first-order chi connectivity index (χ1) is 15.3. The number of aryl methyl sites for hydroxylation is 1. The van der Waals surface area contributed by atoms with Gasteiger partial charge in [-0.1, -0.05) is 29.5 Å². The number of methoxy groups -OCH3 is 2. The lowest BCUT2D eigenvalue weighted by Gasteiger charge is -2.11. The van der Waals surface area contributed by atoms with Crippen LogP contribution in [0.15, 0.2) is 58.7 Å². The predicted octanol–water partition coefficient (Wildman–Crippen LogP) is 4.16. The van der Waals surface area contributed by atoms with E-state index in [4.69, 9.17) is 9.47 Å². The highest BCUT2D eigenvalue weighted by Crippen LogP contribution is 2.37. The minimum absolute atomic E-state index is 0.0591. The molecule has 0 saturated carbocycles. The van der Waals surface area contributed by atoms with Crippen LogP contribution >= 0.6 is 11.8 Å². The second-order valence-electron chi connectivity index (χ2n) is 6.46. The first-order valence-electron chi connectivity index (χ1n) is 9.15. The van der Waals surface area contributed by atoms with E-state index in [1.165, 1.54) is 38.7 Å². The monoisotopic (exact) mass is 454 g/mol. The number of ether oxygens (including phenoxy) is 2.